The fourth-order valence-corrected chi connectivity index (χ4v) is 1.69. The second-order valence-electron chi connectivity index (χ2n) is 4.63. The van der Waals surface area contributed by atoms with Gasteiger partial charge in [-0.1, -0.05) is 19.9 Å². The Labute approximate surface area is 110 Å². The van der Waals surface area contributed by atoms with Crippen molar-refractivity contribution in [3.05, 3.63) is 33.9 Å². The molecule has 0 atom stereocenters. The van der Waals surface area contributed by atoms with E-state index >= 15 is 0 Å². The first-order valence-corrected chi connectivity index (χ1v) is 5.58. The number of nitrogens with zero attached hydrogens (tertiary/aromatic N) is 1. The number of carbonyl (C=O) groups is 2. The lowest BCUT2D eigenvalue weighted by Gasteiger charge is -2.24. The smallest absolute Gasteiger partial charge is 0.293 e. The molecule has 1 aromatic carbocycles. The first-order valence-electron chi connectivity index (χ1n) is 5.58. The summed E-state index contributed by atoms with van der Waals surface area (Å²) in [4.78, 5) is 31.1. The number of nitro benzene ring substituents is 1. The average Bonchev–Trinajstić information content (AvgIpc) is 2.37. The highest BCUT2D eigenvalue weighted by Gasteiger charge is 2.24. The number of benzene rings is 1. The van der Waals surface area contributed by atoms with Crippen molar-refractivity contribution in [3.63, 3.8) is 0 Å². The van der Waals surface area contributed by atoms with Gasteiger partial charge in [0.05, 0.1) is 4.92 Å². The molecule has 1 rings (SSSR count). The van der Waals surface area contributed by atoms with Gasteiger partial charge in [0.25, 0.3) is 5.69 Å². The van der Waals surface area contributed by atoms with Gasteiger partial charge in [0, 0.05) is 18.0 Å². The van der Waals surface area contributed by atoms with Crippen LogP contribution in [-0.4, -0.2) is 24.3 Å². The lowest BCUT2D eigenvalue weighted by Crippen LogP contribution is -2.32. The molecule has 19 heavy (non-hydrogen) atoms. The summed E-state index contributed by atoms with van der Waals surface area (Å²) in [6.45, 7) is 4.07. The molecule has 0 saturated heterocycles. The summed E-state index contributed by atoms with van der Waals surface area (Å²) in [5.74, 6) is 0. The molecule has 0 unspecified atom stereocenters. The highest BCUT2D eigenvalue weighted by atomic mass is 16.6. The highest BCUT2D eigenvalue weighted by molar-refractivity contribution is 5.78. The SMILES string of the molecule is CC(C)(CNC=O)c1ccc(NC=O)c([N+](=O)[O-])c1. The number of nitrogens with one attached hydrogen (secondary N) is 2. The van der Waals surface area contributed by atoms with Crippen molar-refractivity contribution in [3.8, 4) is 0 Å². The largest absolute Gasteiger partial charge is 0.358 e. The summed E-state index contributed by atoms with van der Waals surface area (Å²) in [7, 11) is 0. The maximum absolute atomic E-state index is 11.0. The monoisotopic (exact) mass is 265 g/mol. The van der Waals surface area contributed by atoms with Gasteiger partial charge in [-0.15, -0.1) is 0 Å². The van der Waals surface area contributed by atoms with Crippen LogP contribution in [0.2, 0.25) is 0 Å². The van der Waals surface area contributed by atoms with Gasteiger partial charge in [0.2, 0.25) is 12.8 Å². The van der Waals surface area contributed by atoms with Crippen molar-refractivity contribution in [1.29, 1.82) is 0 Å². The van der Waals surface area contributed by atoms with Crippen LogP contribution in [0.3, 0.4) is 0 Å². The first kappa shape index (κ1) is 14.6. The Bertz CT molecular complexity index is 500. The zero-order chi connectivity index (χ0) is 14.5. The van der Waals surface area contributed by atoms with E-state index in [2.05, 4.69) is 10.6 Å². The van der Waals surface area contributed by atoms with Crippen LogP contribution < -0.4 is 10.6 Å². The molecule has 7 heteroatoms. The normalized spacial score (nSPS) is 10.6. The van der Waals surface area contributed by atoms with Gasteiger partial charge in [-0.25, -0.2) is 0 Å². The third-order valence-electron chi connectivity index (χ3n) is 2.82. The highest BCUT2D eigenvalue weighted by Crippen LogP contribution is 2.31. The molecule has 0 aromatic heterocycles. The standard InChI is InChI=1S/C12H15N3O4/c1-12(2,6-13-7-16)9-3-4-10(14-8-17)11(5-9)15(18)19/h3-5,7-8H,6H2,1-2H3,(H,13,16)(H,14,17). The van der Waals surface area contributed by atoms with Gasteiger partial charge in [-0.3, -0.25) is 19.7 Å². The van der Waals surface area contributed by atoms with Gasteiger partial charge >= 0.3 is 0 Å². The van der Waals surface area contributed by atoms with E-state index in [1.54, 1.807) is 6.07 Å². The van der Waals surface area contributed by atoms with Gasteiger partial charge in [0.15, 0.2) is 0 Å². The fourth-order valence-electron chi connectivity index (χ4n) is 1.69. The Morgan fingerprint density at radius 1 is 1.32 bits per heavy atom. The quantitative estimate of drug-likeness (QED) is 0.439. The van der Waals surface area contributed by atoms with Crippen LogP contribution in [0.1, 0.15) is 19.4 Å². The maximum Gasteiger partial charge on any atom is 0.293 e. The fraction of sp³-hybridized carbons (Fsp3) is 0.333. The van der Waals surface area contributed by atoms with Gasteiger partial charge in [-0.05, 0) is 11.6 Å². The molecular formula is C12H15N3O4. The molecule has 1 aromatic rings. The molecule has 0 saturated carbocycles. The molecule has 0 aliphatic rings. The summed E-state index contributed by atoms with van der Waals surface area (Å²) in [6.07, 6.45) is 0.972. The Morgan fingerprint density at radius 3 is 2.53 bits per heavy atom. The summed E-state index contributed by atoms with van der Waals surface area (Å²) >= 11 is 0. The molecule has 0 bridgehead atoms. The zero-order valence-corrected chi connectivity index (χ0v) is 10.7. The molecule has 0 aliphatic carbocycles. The Hall–Kier alpha value is -2.44. The first-order chi connectivity index (χ1) is 8.92. The minimum absolute atomic E-state index is 0.142. The van der Waals surface area contributed by atoms with Crippen LogP contribution in [-0.2, 0) is 15.0 Å². The van der Waals surface area contributed by atoms with E-state index < -0.39 is 10.3 Å². The molecule has 0 spiro atoms. The van der Waals surface area contributed by atoms with E-state index in [-0.39, 0.29) is 11.4 Å². The van der Waals surface area contributed by atoms with E-state index in [0.29, 0.717) is 24.9 Å². The molecule has 0 radical (unpaired) electrons. The number of rotatable bonds is 7. The second kappa shape index (κ2) is 5.94. The molecule has 7 nitrogen and oxygen atoms in total. The van der Waals surface area contributed by atoms with Crippen molar-refractivity contribution >= 4 is 24.2 Å². The van der Waals surface area contributed by atoms with Crippen LogP contribution in [0, 0.1) is 10.1 Å². The molecule has 2 amide bonds. The third kappa shape index (κ3) is 3.51. The number of nitro groups is 1. The number of anilines is 1. The van der Waals surface area contributed by atoms with Crippen molar-refractivity contribution in [2.75, 3.05) is 11.9 Å². The Balaban J connectivity index is 3.17. The van der Waals surface area contributed by atoms with Crippen LogP contribution >= 0.6 is 0 Å². The van der Waals surface area contributed by atoms with Crippen LogP contribution in [0.5, 0.6) is 0 Å². The lowest BCUT2D eigenvalue weighted by atomic mass is 9.84. The van der Waals surface area contributed by atoms with E-state index in [0.717, 1.165) is 0 Å². The average molecular weight is 265 g/mol. The van der Waals surface area contributed by atoms with Crippen LogP contribution in [0.15, 0.2) is 18.2 Å². The van der Waals surface area contributed by atoms with E-state index in [9.17, 15) is 19.7 Å². The summed E-state index contributed by atoms with van der Waals surface area (Å²) < 4.78 is 0. The molecule has 0 aliphatic heterocycles. The van der Waals surface area contributed by atoms with Crippen molar-refractivity contribution in [2.24, 2.45) is 0 Å². The molecule has 0 fully saturated rings. The minimum Gasteiger partial charge on any atom is -0.358 e. The van der Waals surface area contributed by atoms with Crippen LogP contribution in [0.25, 0.3) is 0 Å². The molecule has 102 valence electrons. The predicted octanol–water partition coefficient (Wildman–Crippen LogP) is 1.19. The molecule has 2 N–H and O–H groups in total. The number of hydrogen-bond donors (Lipinski definition) is 2. The van der Waals surface area contributed by atoms with Gasteiger partial charge in [0.1, 0.15) is 5.69 Å². The molecule has 0 heterocycles. The molecular weight excluding hydrogens is 250 g/mol. The topological polar surface area (TPSA) is 101 Å². The maximum atomic E-state index is 11.0. The Morgan fingerprint density at radius 2 is 2.00 bits per heavy atom. The summed E-state index contributed by atoms with van der Waals surface area (Å²) in [6, 6.07) is 4.56. The summed E-state index contributed by atoms with van der Waals surface area (Å²) in [5.41, 5.74) is 0.211. The third-order valence-corrected chi connectivity index (χ3v) is 2.82. The minimum atomic E-state index is -0.557. The summed E-state index contributed by atoms with van der Waals surface area (Å²) in [5, 5.41) is 15.8. The lowest BCUT2D eigenvalue weighted by molar-refractivity contribution is -0.384. The van der Waals surface area contributed by atoms with Gasteiger partial charge < -0.3 is 10.6 Å². The van der Waals surface area contributed by atoms with E-state index in [1.165, 1.54) is 12.1 Å². The Kier molecular flexibility index (Phi) is 4.57. The second-order valence-corrected chi connectivity index (χ2v) is 4.63. The van der Waals surface area contributed by atoms with E-state index in [4.69, 9.17) is 0 Å². The van der Waals surface area contributed by atoms with Gasteiger partial charge in [-0.2, -0.15) is 0 Å². The van der Waals surface area contributed by atoms with Crippen LogP contribution in [0.4, 0.5) is 11.4 Å². The zero-order valence-electron chi connectivity index (χ0n) is 10.7. The number of amides is 2. The van der Waals surface area contributed by atoms with Crippen molar-refractivity contribution in [2.45, 2.75) is 19.3 Å². The predicted molar refractivity (Wildman–Crippen MR) is 69.9 cm³/mol. The number of hydrogen-bond acceptors (Lipinski definition) is 4. The van der Waals surface area contributed by atoms with E-state index in [1.807, 2.05) is 13.8 Å². The van der Waals surface area contributed by atoms with Crippen molar-refractivity contribution in [1.82, 2.24) is 5.32 Å². The van der Waals surface area contributed by atoms with Crippen molar-refractivity contribution < 1.29 is 14.5 Å². The number of carbonyl (C=O) groups excluding carboxylic acids is 2.